The molecule has 0 bridgehead atoms. The number of amides is 2. The fraction of sp³-hybridized carbons (Fsp3) is 0.333. The van der Waals surface area contributed by atoms with Crippen molar-refractivity contribution in [1.29, 1.82) is 0 Å². The Morgan fingerprint density at radius 3 is 2.26 bits per heavy atom. The van der Waals surface area contributed by atoms with Gasteiger partial charge in [-0.3, -0.25) is 13.9 Å². The van der Waals surface area contributed by atoms with Crippen molar-refractivity contribution in [2.24, 2.45) is 0 Å². The zero-order chi connectivity index (χ0) is 28.7. The molecule has 208 valence electrons. The number of sulfonamides is 1. The van der Waals surface area contributed by atoms with Gasteiger partial charge in [0.15, 0.2) is 0 Å². The van der Waals surface area contributed by atoms with Crippen molar-refractivity contribution < 1.29 is 18.0 Å². The molecule has 0 aliphatic rings. The van der Waals surface area contributed by atoms with E-state index in [0.29, 0.717) is 17.3 Å². The van der Waals surface area contributed by atoms with Crippen LogP contribution in [0.25, 0.3) is 0 Å². The first-order valence-corrected chi connectivity index (χ1v) is 14.7. The smallest absolute Gasteiger partial charge is 0.264 e. The maximum Gasteiger partial charge on any atom is 0.264 e. The first-order chi connectivity index (χ1) is 18.4. The molecule has 7 nitrogen and oxygen atoms in total. The maximum atomic E-state index is 13.9. The van der Waals surface area contributed by atoms with E-state index in [0.717, 1.165) is 33.0 Å². The largest absolute Gasteiger partial charge is 0.354 e. The van der Waals surface area contributed by atoms with Gasteiger partial charge in [-0.2, -0.15) is 0 Å². The van der Waals surface area contributed by atoms with Crippen LogP contribution in [0.3, 0.4) is 0 Å². The number of carbonyl (C=O) groups is 2. The number of hydrogen-bond acceptors (Lipinski definition) is 4. The van der Waals surface area contributed by atoms with Gasteiger partial charge in [0.05, 0.1) is 10.6 Å². The summed E-state index contributed by atoms with van der Waals surface area (Å²) in [6.45, 7) is 9.53. The Morgan fingerprint density at radius 1 is 0.949 bits per heavy atom. The zero-order valence-electron chi connectivity index (χ0n) is 23.1. The van der Waals surface area contributed by atoms with Crippen molar-refractivity contribution in [3.05, 3.63) is 94.0 Å². The standard InChI is InChI=1S/C30H36ClN3O4S/c1-6-16-32-30(36)24(5)33(19-25-9-7-8-21(2)17-25)29(35)20-34(27-13-10-22(3)23(4)18-27)39(37,38)28-14-11-26(31)12-15-28/h7-15,17-18,24H,6,16,19-20H2,1-5H3,(H,32,36)/t24-/m0/s1. The molecule has 0 fully saturated rings. The molecule has 39 heavy (non-hydrogen) atoms. The molecule has 3 aromatic carbocycles. The van der Waals surface area contributed by atoms with E-state index >= 15 is 0 Å². The Hall–Kier alpha value is -3.36. The Labute approximate surface area is 236 Å². The molecule has 3 aromatic rings. The molecule has 0 aliphatic carbocycles. The zero-order valence-corrected chi connectivity index (χ0v) is 24.6. The van der Waals surface area contributed by atoms with E-state index in [-0.39, 0.29) is 17.3 Å². The van der Waals surface area contributed by atoms with Crippen LogP contribution in [0, 0.1) is 20.8 Å². The summed E-state index contributed by atoms with van der Waals surface area (Å²) in [6, 6.07) is 18.0. The molecule has 0 spiro atoms. The molecule has 9 heteroatoms. The predicted molar refractivity (Wildman–Crippen MR) is 156 cm³/mol. The summed E-state index contributed by atoms with van der Waals surface area (Å²) >= 11 is 6.00. The van der Waals surface area contributed by atoms with Crippen molar-refractivity contribution in [1.82, 2.24) is 10.2 Å². The second-order valence-corrected chi connectivity index (χ2v) is 12.0. The van der Waals surface area contributed by atoms with Crippen LogP contribution in [0.4, 0.5) is 5.69 Å². The van der Waals surface area contributed by atoms with E-state index < -0.39 is 28.5 Å². The molecule has 3 rings (SSSR count). The highest BCUT2D eigenvalue weighted by Gasteiger charge is 2.32. The number of anilines is 1. The van der Waals surface area contributed by atoms with Gasteiger partial charge in [0, 0.05) is 18.1 Å². The molecule has 1 N–H and O–H groups in total. The summed E-state index contributed by atoms with van der Waals surface area (Å²) in [5.41, 5.74) is 4.11. The summed E-state index contributed by atoms with van der Waals surface area (Å²) in [4.78, 5) is 28.3. The summed E-state index contributed by atoms with van der Waals surface area (Å²) in [5.74, 6) is -0.789. The minimum absolute atomic E-state index is 0.0110. The summed E-state index contributed by atoms with van der Waals surface area (Å²) in [6.07, 6.45) is 0.754. The van der Waals surface area contributed by atoms with Gasteiger partial charge >= 0.3 is 0 Å². The summed E-state index contributed by atoms with van der Waals surface area (Å²) < 4.78 is 28.9. The second kappa shape index (κ2) is 13.1. The normalized spacial score (nSPS) is 12.1. The Kier molecular flexibility index (Phi) is 10.2. The number of benzene rings is 3. The van der Waals surface area contributed by atoms with E-state index in [2.05, 4.69) is 5.32 Å². The number of carbonyl (C=O) groups excluding carboxylic acids is 2. The SMILES string of the molecule is CCCNC(=O)[C@H](C)N(Cc1cccc(C)c1)C(=O)CN(c1ccc(C)c(C)c1)S(=O)(=O)c1ccc(Cl)cc1. The van der Waals surface area contributed by atoms with Gasteiger partial charge in [0.25, 0.3) is 10.0 Å². The van der Waals surface area contributed by atoms with E-state index in [1.165, 1.54) is 29.2 Å². The van der Waals surface area contributed by atoms with E-state index in [1.54, 1.807) is 19.1 Å². The average molecular weight is 570 g/mol. The van der Waals surface area contributed by atoms with Gasteiger partial charge in [0.2, 0.25) is 11.8 Å². The predicted octanol–water partition coefficient (Wildman–Crippen LogP) is 5.40. The first-order valence-electron chi connectivity index (χ1n) is 12.9. The van der Waals surface area contributed by atoms with Crippen LogP contribution in [0.5, 0.6) is 0 Å². The number of halogens is 1. The maximum absolute atomic E-state index is 13.9. The lowest BCUT2D eigenvalue weighted by atomic mass is 10.1. The van der Waals surface area contributed by atoms with E-state index in [4.69, 9.17) is 11.6 Å². The van der Waals surface area contributed by atoms with Crippen molar-refractivity contribution >= 4 is 39.1 Å². The third-order valence-corrected chi connectivity index (χ3v) is 8.65. The van der Waals surface area contributed by atoms with Gasteiger partial charge in [-0.1, -0.05) is 54.4 Å². The average Bonchev–Trinajstić information content (AvgIpc) is 2.90. The molecule has 0 aromatic heterocycles. The lowest BCUT2D eigenvalue weighted by Crippen LogP contribution is -2.51. The highest BCUT2D eigenvalue weighted by molar-refractivity contribution is 7.92. The van der Waals surface area contributed by atoms with Crippen LogP contribution < -0.4 is 9.62 Å². The van der Waals surface area contributed by atoms with Crippen LogP contribution in [0.2, 0.25) is 5.02 Å². The molecular weight excluding hydrogens is 534 g/mol. The Bertz CT molecular complexity index is 1420. The highest BCUT2D eigenvalue weighted by atomic mass is 35.5. The molecule has 0 saturated heterocycles. The molecule has 2 amide bonds. The van der Waals surface area contributed by atoms with Crippen molar-refractivity contribution in [2.45, 2.75) is 58.5 Å². The van der Waals surface area contributed by atoms with Gasteiger partial charge < -0.3 is 10.2 Å². The third-order valence-electron chi connectivity index (χ3n) is 6.61. The molecule has 0 unspecified atom stereocenters. The molecular formula is C30H36ClN3O4S. The monoisotopic (exact) mass is 569 g/mol. The van der Waals surface area contributed by atoms with Crippen LogP contribution in [0.1, 0.15) is 42.5 Å². The van der Waals surface area contributed by atoms with Gasteiger partial charge in [0.1, 0.15) is 12.6 Å². The second-order valence-electron chi connectivity index (χ2n) is 9.71. The van der Waals surface area contributed by atoms with Crippen molar-refractivity contribution in [3.63, 3.8) is 0 Å². The van der Waals surface area contributed by atoms with Crippen LogP contribution in [-0.4, -0.2) is 44.3 Å². The molecule has 0 saturated carbocycles. The topological polar surface area (TPSA) is 86.8 Å². The van der Waals surface area contributed by atoms with Crippen molar-refractivity contribution in [3.8, 4) is 0 Å². The van der Waals surface area contributed by atoms with Crippen molar-refractivity contribution in [2.75, 3.05) is 17.4 Å². The lowest BCUT2D eigenvalue weighted by Gasteiger charge is -2.32. The molecule has 0 radical (unpaired) electrons. The minimum Gasteiger partial charge on any atom is -0.354 e. The van der Waals surface area contributed by atoms with Gasteiger partial charge in [-0.15, -0.1) is 0 Å². The number of rotatable bonds is 11. The van der Waals surface area contributed by atoms with Crippen LogP contribution in [-0.2, 0) is 26.2 Å². The first kappa shape index (κ1) is 30.2. The third kappa shape index (κ3) is 7.61. The van der Waals surface area contributed by atoms with E-state index in [9.17, 15) is 18.0 Å². The molecule has 1 atom stereocenters. The van der Waals surface area contributed by atoms with E-state index in [1.807, 2.05) is 58.0 Å². The number of nitrogens with zero attached hydrogens (tertiary/aromatic N) is 2. The summed E-state index contributed by atoms with van der Waals surface area (Å²) in [5, 5.41) is 3.25. The Balaban J connectivity index is 2.04. The van der Waals surface area contributed by atoms with Crippen LogP contribution in [0.15, 0.2) is 71.6 Å². The summed E-state index contributed by atoms with van der Waals surface area (Å²) in [7, 11) is -4.14. The van der Waals surface area contributed by atoms with Gasteiger partial charge in [-0.05, 0) is 87.2 Å². The number of aryl methyl sites for hydroxylation is 3. The Morgan fingerprint density at radius 2 is 1.64 bits per heavy atom. The number of hydrogen-bond donors (Lipinski definition) is 1. The number of nitrogens with one attached hydrogen (secondary N) is 1. The molecule has 0 aliphatic heterocycles. The fourth-order valence-electron chi connectivity index (χ4n) is 4.13. The minimum atomic E-state index is -4.14. The lowest BCUT2D eigenvalue weighted by molar-refractivity contribution is -0.139. The van der Waals surface area contributed by atoms with Gasteiger partial charge in [-0.25, -0.2) is 8.42 Å². The highest BCUT2D eigenvalue weighted by Crippen LogP contribution is 2.27. The quantitative estimate of drug-likeness (QED) is 0.335. The fourth-order valence-corrected chi connectivity index (χ4v) is 5.66. The molecule has 0 heterocycles. The van der Waals surface area contributed by atoms with Crippen LogP contribution >= 0.6 is 11.6 Å².